The molecule has 0 aliphatic carbocycles. The Balaban J connectivity index is 2.10. The average Bonchev–Trinajstić information content (AvgIpc) is 2.80. The number of rotatable bonds is 4. The lowest BCUT2D eigenvalue weighted by Crippen LogP contribution is -2.16. The minimum absolute atomic E-state index is 0.337. The maximum atomic E-state index is 11.1. The molecule has 1 aliphatic heterocycles. The summed E-state index contributed by atoms with van der Waals surface area (Å²) in [6.45, 7) is 4.26. The molecule has 1 aromatic carbocycles. The standard InChI is InChI=1S/C13H17NO3/c1-9-3-2-4-11(13(15)16)12(9)14-7-10-5-6-17-8-10/h2-4,10,14H,5-8H2,1H3,(H,15,16). The first kappa shape index (κ1) is 11.9. The van der Waals surface area contributed by atoms with Crippen molar-refractivity contribution < 1.29 is 14.6 Å². The topological polar surface area (TPSA) is 58.6 Å². The fourth-order valence-electron chi connectivity index (χ4n) is 2.07. The number of hydrogen-bond acceptors (Lipinski definition) is 3. The molecule has 0 radical (unpaired) electrons. The summed E-state index contributed by atoms with van der Waals surface area (Å²) >= 11 is 0. The van der Waals surface area contributed by atoms with Crippen molar-refractivity contribution in [2.75, 3.05) is 25.1 Å². The summed E-state index contributed by atoms with van der Waals surface area (Å²) in [4.78, 5) is 11.1. The summed E-state index contributed by atoms with van der Waals surface area (Å²) in [7, 11) is 0. The molecule has 92 valence electrons. The van der Waals surface area contributed by atoms with Crippen molar-refractivity contribution in [1.82, 2.24) is 0 Å². The van der Waals surface area contributed by atoms with Crippen LogP contribution >= 0.6 is 0 Å². The van der Waals surface area contributed by atoms with Crippen LogP contribution in [0.25, 0.3) is 0 Å². The van der Waals surface area contributed by atoms with E-state index in [9.17, 15) is 4.79 Å². The summed E-state index contributed by atoms with van der Waals surface area (Å²) in [5.74, 6) is -0.407. The van der Waals surface area contributed by atoms with Gasteiger partial charge in [-0.05, 0) is 25.0 Å². The Labute approximate surface area is 101 Å². The van der Waals surface area contributed by atoms with E-state index in [2.05, 4.69) is 5.32 Å². The van der Waals surface area contributed by atoms with Gasteiger partial charge in [-0.25, -0.2) is 4.79 Å². The van der Waals surface area contributed by atoms with Gasteiger partial charge in [-0.1, -0.05) is 12.1 Å². The van der Waals surface area contributed by atoms with E-state index in [0.29, 0.717) is 11.5 Å². The number of anilines is 1. The molecule has 1 heterocycles. The molecule has 1 unspecified atom stereocenters. The Morgan fingerprint density at radius 3 is 3.06 bits per heavy atom. The molecular weight excluding hydrogens is 218 g/mol. The highest BCUT2D eigenvalue weighted by Gasteiger charge is 2.17. The molecule has 2 N–H and O–H groups in total. The van der Waals surface area contributed by atoms with Gasteiger partial charge in [0.15, 0.2) is 0 Å². The zero-order valence-electron chi connectivity index (χ0n) is 9.90. The van der Waals surface area contributed by atoms with E-state index >= 15 is 0 Å². The van der Waals surface area contributed by atoms with Gasteiger partial charge >= 0.3 is 5.97 Å². The van der Waals surface area contributed by atoms with Gasteiger partial charge in [0, 0.05) is 19.1 Å². The van der Waals surface area contributed by atoms with Crippen LogP contribution in [0.15, 0.2) is 18.2 Å². The molecule has 0 amide bonds. The van der Waals surface area contributed by atoms with Crippen molar-refractivity contribution in [3.05, 3.63) is 29.3 Å². The lowest BCUT2D eigenvalue weighted by molar-refractivity contribution is 0.0698. The SMILES string of the molecule is Cc1cccc(C(=O)O)c1NCC1CCOC1. The summed E-state index contributed by atoms with van der Waals surface area (Å²) in [6.07, 6.45) is 1.04. The van der Waals surface area contributed by atoms with Crippen LogP contribution in [0.5, 0.6) is 0 Å². The Bertz CT molecular complexity index is 411. The summed E-state index contributed by atoms with van der Waals surface area (Å²) in [5, 5.41) is 12.4. The molecule has 0 spiro atoms. The maximum Gasteiger partial charge on any atom is 0.337 e. The van der Waals surface area contributed by atoms with E-state index in [1.54, 1.807) is 12.1 Å². The number of aromatic carboxylic acids is 1. The number of ether oxygens (including phenoxy) is 1. The van der Waals surface area contributed by atoms with Gasteiger partial charge in [0.25, 0.3) is 0 Å². The highest BCUT2D eigenvalue weighted by atomic mass is 16.5. The number of nitrogens with one attached hydrogen (secondary N) is 1. The first-order valence-electron chi connectivity index (χ1n) is 5.83. The molecule has 1 fully saturated rings. The van der Waals surface area contributed by atoms with Crippen LogP contribution in [0, 0.1) is 12.8 Å². The van der Waals surface area contributed by atoms with Crippen molar-refractivity contribution in [3.63, 3.8) is 0 Å². The monoisotopic (exact) mass is 235 g/mol. The van der Waals surface area contributed by atoms with Crippen LogP contribution in [0.1, 0.15) is 22.3 Å². The fourth-order valence-corrected chi connectivity index (χ4v) is 2.07. The summed E-state index contributed by atoms with van der Waals surface area (Å²) < 4.78 is 5.30. The molecule has 1 atom stereocenters. The van der Waals surface area contributed by atoms with Gasteiger partial charge in [-0.2, -0.15) is 0 Å². The van der Waals surface area contributed by atoms with Crippen molar-refractivity contribution in [3.8, 4) is 0 Å². The van der Waals surface area contributed by atoms with E-state index in [4.69, 9.17) is 9.84 Å². The smallest absolute Gasteiger partial charge is 0.337 e. The van der Waals surface area contributed by atoms with Crippen LogP contribution < -0.4 is 5.32 Å². The third kappa shape index (κ3) is 2.77. The minimum Gasteiger partial charge on any atom is -0.478 e. The van der Waals surface area contributed by atoms with Crippen LogP contribution in [0.2, 0.25) is 0 Å². The molecule has 4 heteroatoms. The van der Waals surface area contributed by atoms with Gasteiger partial charge < -0.3 is 15.2 Å². The second kappa shape index (κ2) is 5.19. The van der Waals surface area contributed by atoms with Gasteiger partial charge in [-0.15, -0.1) is 0 Å². The lowest BCUT2D eigenvalue weighted by Gasteiger charge is -2.15. The molecule has 1 aliphatic rings. The normalized spacial score (nSPS) is 19.2. The number of carbonyl (C=O) groups is 1. The predicted octanol–water partition coefficient (Wildman–Crippen LogP) is 2.14. The van der Waals surface area contributed by atoms with E-state index in [1.807, 2.05) is 13.0 Å². The molecule has 0 saturated carbocycles. The van der Waals surface area contributed by atoms with Crippen molar-refractivity contribution in [2.24, 2.45) is 5.92 Å². The predicted molar refractivity (Wildman–Crippen MR) is 65.6 cm³/mol. The average molecular weight is 235 g/mol. The quantitative estimate of drug-likeness (QED) is 0.839. The zero-order valence-corrected chi connectivity index (χ0v) is 9.90. The Morgan fingerprint density at radius 2 is 2.41 bits per heavy atom. The van der Waals surface area contributed by atoms with Gasteiger partial charge in [-0.3, -0.25) is 0 Å². The number of para-hydroxylation sites is 1. The van der Waals surface area contributed by atoms with E-state index in [-0.39, 0.29) is 0 Å². The molecular formula is C13H17NO3. The minimum atomic E-state index is -0.890. The third-order valence-electron chi connectivity index (χ3n) is 3.09. The number of benzene rings is 1. The molecule has 17 heavy (non-hydrogen) atoms. The highest BCUT2D eigenvalue weighted by Crippen LogP contribution is 2.22. The zero-order chi connectivity index (χ0) is 12.3. The molecule has 2 rings (SSSR count). The number of hydrogen-bond donors (Lipinski definition) is 2. The molecule has 0 bridgehead atoms. The molecule has 4 nitrogen and oxygen atoms in total. The van der Waals surface area contributed by atoms with Crippen molar-refractivity contribution >= 4 is 11.7 Å². The third-order valence-corrected chi connectivity index (χ3v) is 3.09. The van der Waals surface area contributed by atoms with Crippen LogP contribution in [0.4, 0.5) is 5.69 Å². The van der Waals surface area contributed by atoms with Crippen LogP contribution in [-0.2, 0) is 4.74 Å². The molecule has 1 aromatic rings. The van der Waals surface area contributed by atoms with Crippen LogP contribution in [-0.4, -0.2) is 30.8 Å². The van der Waals surface area contributed by atoms with Crippen molar-refractivity contribution in [1.29, 1.82) is 0 Å². The summed E-state index contributed by atoms with van der Waals surface area (Å²) in [5.41, 5.74) is 2.03. The largest absolute Gasteiger partial charge is 0.478 e. The first-order chi connectivity index (χ1) is 8.18. The van der Waals surface area contributed by atoms with Crippen LogP contribution in [0.3, 0.4) is 0 Å². The van der Waals surface area contributed by atoms with Gasteiger partial charge in [0.05, 0.1) is 17.9 Å². The number of carboxylic acids is 1. The molecule has 0 aromatic heterocycles. The Morgan fingerprint density at radius 1 is 1.59 bits per heavy atom. The fraction of sp³-hybridized carbons (Fsp3) is 0.462. The number of carboxylic acid groups (broad SMARTS) is 1. The van der Waals surface area contributed by atoms with E-state index < -0.39 is 5.97 Å². The van der Waals surface area contributed by atoms with E-state index in [1.165, 1.54) is 0 Å². The second-order valence-electron chi connectivity index (χ2n) is 4.41. The lowest BCUT2D eigenvalue weighted by atomic mass is 10.1. The van der Waals surface area contributed by atoms with Crippen molar-refractivity contribution in [2.45, 2.75) is 13.3 Å². The maximum absolute atomic E-state index is 11.1. The van der Waals surface area contributed by atoms with Gasteiger partial charge in [0.1, 0.15) is 0 Å². The highest BCUT2D eigenvalue weighted by molar-refractivity contribution is 5.95. The Hall–Kier alpha value is -1.55. The van der Waals surface area contributed by atoms with Gasteiger partial charge in [0.2, 0.25) is 0 Å². The van der Waals surface area contributed by atoms with E-state index in [0.717, 1.165) is 37.4 Å². The Kier molecular flexibility index (Phi) is 3.64. The molecule has 1 saturated heterocycles. The second-order valence-corrected chi connectivity index (χ2v) is 4.41. The summed E-state index contributed by atoms with van der Waals surface area (Å²) in [6, 6.07) is 5.31. The number of aryl methyl sites for hydroxylation is 1. The first-order valence-corrected chi connectivity index (χ1v) is 5.83.